The molecular formula is C11H20N2O. The summed E-state index contributed by atoms with van der Waals surface area (Å²) < 4.78 is 0. The van der Waals surface area contributed by atoms with Crippen LogP contribution in [-0.2, 0) is 4.79 Å². The molecule has 1 aliphatic carbocycles. The van der Waals surface area contributed by atoms with E-state index in [1.807, 2.05) is 0 Å². The summed E-state index contributed by atoms with van der Waals surface area (Å²) in [5, 5.41) is 6.25. The molecule has 0 aromatic rings. The van der Waals surface area contributed by atoms with Crippen molar-refractivity contribution in [1.82, 2.24) is 10.6 Å². The topological polar surface area (TPSA) is 41.1 Å². The Kier molecular flexibility index (Phi) is 3.06. The largest absolute Gasteiger partial charge is 0.352 e. The Hall–Kier alpha value is -0.570. The smallest absolute Gasteiger partial charge is 0.237 e. The van der Waals surface area contributed by atoms with E-state index in [-0.39, 0.29) is 11.9 Å². The molecular weight excluding hydrogens is 176 g/mol. The van der Waals surface area contributed by atoms with Crippen molar-refractivity contribution in [3.63, 3.8) is 0 Å². The Bertz CT molecular complexity index is 207. The lowest BCUT2D eigenvalue weighted by Crippen LogP contribution is -2.55. The SMILES string of the molecule is C[C@H](NC(=O)C1CCN1)C1CCCC1. The average molecular weight is 196 g/mol. The van der Waals surface area contributed by atoms with Crippen LogP contribution in [0.1, 0.15) is 39.0 Å². The van der Waals surface area contributed by atoms with Crippen molar-refractivity contribution in [2.24, 2.45) is 5.92 Å². The highest BCUT2D eigenvalue weighted by Crippen LogP contribution is 2.27. The molecule has 0 aromatic heterocycles. The van der Waals surface area contributed by atoms with Crippen LogP contribution in [0, 0.1) is 5.92 Å². The number of nitrogens with one attached hydrogen (secondary N) is 2. The molecule has 3 heteroatoms. The third-order valence-corrected chi connectivity index (χ3v) is 3.62. The predicted octanol–water partition coefficient (Wildman–Crippen LogP) is 1.04. The number of hydrogen-bond donors (Lipinski definition) is 2. The second-order valence-corrected chi connectivity index (χ2v) is 4.64. The van der Waals surface area contributed by atoms with E-state index in [2.05, 4.69) is 17.6 Å². The summed E-state index contributed by atoms with van der Waals surface area (Å²) in [6.45, 7) is 3.14. The number of rotatable bonds is 3. The third-order valence-electron chi connectivity index (χ3n) is 3.62. The molecule has 2 rings (SSSR count). The van der Waals surface area contributed by atoms with Gasteiger partial charge in [0.05, 0.1) is 6.04 Å². The number of amides is 1. The molecule has 1 unspecified atom stereocenters. The van der Waals surface area contributed by atoms with E-state index in [1.54, 1.807) is 0 Å². The van der Waals surface area contributed by atoms with Crippen molar-refractivity contribution in [2.75, 3.05) is 6.54 Å². The molecule has 2 aliphatic rings. The fourth-order valence-electron chi connectivity index (χ4n) is 2.41. The highest BCUT2D eigenvalue weighted by Gasteiger charge is 2.28. The Labute approximate surface area is 85.6 Å². The minimum atomic E-state index is 0.0962. The van der Waals surface area contributed by atoms with Gasteiger partial charge in [-0.15, -0.1) is 0 Å². The van der Waals surface area contributed by atoms with E-state index in [4.69, 9.17) is 0 Å². The molecule has 2 N–H and O–H groups in total. The van der Waals surface area contributed by atoms with E-state index in [1.165, 1.54) is 25.7 Å². The van der Waals surface area contributed by atoms with Gasteiger partial charge >= 0.3 is 0 Å². The molecule has 0 radical (unpaired) electrons. The molecule has 0 aromatic carbocycles. The van der Waals surface area contributed by atoms with Crippen LogP contribution in [0.2, 0.25) is 0 Å². The zero-order valence-corrected chi connectivity index (χ0v) is 8.88. The lowest BCUT2D eigenvalue weighted by atomic mass is 9.98. The Morgan fingerprint density at radius 3 is 2.50 bits per heavy atom. The highest BCUT2D eigenvalue weighted by molar-refractivity contribution is 5.82. The normalized spacial score (nSPS) is 29.6. The molecule has 1 saturated heterocycles. The average Bonchev–Trinajstić information content (AvgIpc) is 2.51. The van der Waals surface area contributed by atoms with Crippen molar-refractivity contribution >= 4 is 5.91 Å². The lowest BCUT2D eigenvalue weighted by molar-refractivity contribution is -0.125. The van der Waals surface area contributed by atoms with Crippen molar-refractivity contribution in [3.8, 4) is 0 Å². The molecule has 14 heavy (non-hydrogen) atoms. The second kappa shape index (κ2) is 4.30. The quantitative estimate of drug-likeness (QED) is 0.708. The summed E-state index contributed by atoms with van der Waals surface area (Å²) in [6, 6.07) is 0.464. The van der Waals surface area contributed by atoms with Crippen LogP contribution >= 0.6 is 0 Å². The van der Waals surface area contributed by atoms with Gasteiger partial charge in [-0.1, -0.05) is 12.8 Å². The molecule has 1 amide bonds. The molecule has 2 fully saturated rings. The van der Waals surface area contributed by atoms with Gasteiger partial charge in [-0.3, -0.25) is 4.79 Å². The van der Waals surface area contributed by atoms with Gasteiger partial charge in [0.2, 0.25) is 5.91 Å². The predicted molar refractivity (Wildman–Crippen MR) is 56.0 cm³/mol. The van der Waals surface area contributed by atoms with Crippen LogP contribution in [-0.4, -0.2) is 24.5 Å². The van der Waals surface area contributed by atoms with Crippen LogP contribution < -0.4 is 10.6 Å². The first-order valence-electron chi connectivity index (χ1n) is 5.81. The minimum absolute atomic E-state index is 0.0962. The van der Waals surface area contributed by atoms with Crippen LogP contribution in [0.15, 0.2) is 0 Å². The zero-order chi connectivity index (χ0) is 9.97. The fourth-order valence-corrected chi connectivity index (χ4v) is 2.41. The molecule has 3 nitrogen and oxygen atoms in total. The van der Waals surface area contributed by atoms with Crippen molar-refractivity contribution < 1.29 is 4.79 Å². The molecule has 2 atom stereocenters. The van der Waals surface area contributed by atoms with Crippen LogP contribution in [0.3, 0.4) is 0 Å². The van der Waals surface area contributed by atoms with E-state index in [9.17, 15) is 4.79 Å². The summed E-state index contributed by atoms with van der Waals surface area (Å²) >= 11 is 0. The number of carbonyl (C=O) groups excluding carboxylic acids is 1. The molecule has 80 valence electrons. The van der Waals surface area contributed by atoms with Gasteiger partial charge in [0.25, 0.3) is 0 Å². The highest BCUT2D eigenvalue weighted by atomic mass is 16.2. The maximum Gasteiger partial charge on any atom is 0.237 e. The Morgan fingerprint density at radius 1 is 1.36 bits per heavy atom. The van der Waals surface area contributed by atoms with Gasteiger partial charge in [-0.25, -0.2) is 0 Å². The monoisotopic (exact) mass is 196 g/mol. The second-order valence-electron chi connectivity index (χ2n) is 4.64. The molecule has 1 saturated carbocycles. The van der Waals surface area contributed by atoms with Crippen molar-refractivity contribution in [3.05, 3.63) is 0 Å². The van der Waals surface area contributed by atoms with Gasteiger partial charge in [0.15, 0.2) is 0 Å². The summed E-state index contributed by atoms with van der Waals surface area (Å²) in [5.41, 5.74) is 0. The summed E-state index contributed by atoms with van der Waals surface area (Å²) in [6.07, 6.45) is 6.27. The van der Waals surface area contributed by atoms with Gasteiger partial charge < -0.3 is 10.6 Å². The van der Waals surface area contributed by atoms with Crippen LogP contribution in [0.25, 0.3) is 0 Å². The van der Waals surface area contributed by atoms with Gasteiger partial charge in [0, 0.05) is 6.04 Å². The van der Waals surface area contributed by atoms with Gasteiger partial charge in [0.1, 0.15) is 0 Å². The van der Waals surface area contributed by atoms with E-state index in [0.717, 1.165) is 18.9 Å². The summed E-state index contributed by atoms with van der Waals surface area (Å²) in [4.78, 5) is 11.6. The molecule has 0 spiro atoms. The fraction of sp³-hybridized carbons (Fsp3) is 0.909. The molecule has 1 aliphatic heterocycles. The van der Waals surface area contributed by atoms with Crippen molar-refractivity contribution in [2.45, 2.75) is 51.1 Å². The Balaban J connectivity index is 1.74. The number of hydrogen-bond acceptors (Lipinski definition) is 2. The van der Waals surface area contributed by atoms with Crippen molar-refractivity contribution in [1.29, 1.82) is 0 Å². The van der Waals surface area contributed by atoms with E-state index < -0.39 is 0 Å². The maximum absolute atomic E-state index is 11.6. The third kappa shape index (κ3) is 2.08. The first-order valence-corrected chi connectivity index (χ1v) is 5.81. The first-order chi connectivity index (χ1) is 6.77. The summed E-state index contributed by atoms with van der Waals surface area (Å²) in [5.74, 6) is 0.926. The maximum atomic E-state index is 11.6. The first kappa shape index (κ1) is 9.97. The molecule has 0 bridgehead atoms. The Morgan fingerprint density at radius 2 is 2.00 bits per heavy atom. The summed E-state index contributed by atoms with van der Waals surface area (Å²) in [7, 11) is 0. The van der Waals surface area contributed by atoms with Gasteiger partial charge in [-0.05, 0) is 38.6 Å². The van der Waals surface area contributed by atoms with Crippen LogP contribution in [0.5, 0.6) is 0 Å². The van der Waals surface area contributed by atoms with E-state index in [0.29, 0.717) is 6.04 Å². The lowest BCUT2D eigenvalue weighted by Gasteiger charge is -2.29. The van der Waals surface area contributed by atoms with E-state index >= 15 is 0 Å². The van der Waals surface area contributed by atoms with Gasteiger partial charge in [-0.2, -0.15) is 0 Å². The molecule has 1 heterocycles. The zero-order valence-electron chi connectivity index (χ0n) is 8.88. The number of carbonyl (C=O) groups is 1. The standard InChI is InChI=1S/C11H20N2O/c1-8(9-4-2-3-5-9)13-11(14)10-6-7-12-10/h8-10,12H,2-7H2,1H3,(H,13,14)/t8-,10?/m0/s1. The minimum Gasteiger partial charge on any atom is -0.352 e. The van der Waals surface area contributed by atoms with Crippen LogP contribution in [0.4, 0.5) is 0 Å².